The van der Waals surface area contributed by atoms with Gasteiger partial charge in [-0.1, -0.05) is 36.4 Å². The van der Waals surface area contributed by atoms with Crippen LogP contribution < -0.4 is 15.5 Å². The van der Waals surface area contributed by atoms with E-state index < -0.39 is 0 Å². The number of amides is 1. The summed E-state index contributed by atoms with van der Waals surface area (Å²) in [6.45, 7) is 6.07. The van der Waals surface area contributed by atoms with Crippen molar-refractivity contribution in [3.63, 3.8) is 0 Å². The molecule has 1 saturated heterocycles. The molecule has 0 atom stereocenters. The molecule has 2 aromatic carbocycles. The highest BCUT2D eigenvalue weighted by Gasteiger charge is 2.14. The van der Waals surface area contributed by atoms with E-state index in [1.54, 1.807) is 0 Å². The fraction of sp³-hybridized carbons (Fsp3) is 0.318. The molecule has 1 aromatic heterocycles. The van der Waals surface area contributed by atoms with Crippen LogP contribution in [0.5, 0.6) is 0 Å². The van der Waals surface area contributed by atoms with E-state index in [1.165, 1.54) is 0 Å². The van der Waals surface area contributed by atoms with Crippen LogP contribution in [0, 0.1) is 6.92 Å². The van der Waals surface area contributed by atoms with Crippen LogP contribution in [0.3, 0.4) is 0 Å². The van der Waals surface area contributed by atoms with Crippen molar-refractivity contribution < 1.29 is 9.53 Å². The van der Waals surface area contributed by atoms with E-state index in [2.05, 4.69) is 25.5 Å². The van der Waals surface area contributed by atoms with Crippen molar-refractivity contribution in [3.8, 4) is 0 Å². The van der Waals surface area contributed by atoms with Gasteiger partial charge in [-0.3, -0.25) is 4.79 Å². The highest BCUT2D eigenvalue weighted by atomic mass is 16.5. The minimum absolute atomic E-state index is 0.0808. The number of hydrogen-bond donors (Lipinski definition) is 2. The molecule has 7 heteroatoms. The van der Waals surface area contributed by atoms with Gasteiger partial charge in [-0.15, -0.1) is 0 Å². The summed E-state index contributed by atoms with van der Waals surface area (Å²) in [6.07, 6.45) is 0. The van der Waals surface area contributed by atoms with E-state index in [0.29, 0.717) is 37.8 Å². The van der Waals surface area contributed by atoms with Crippen LogP contribution in [-0.2, 0) is 4.74 Å². The maximum Gasteiger partial charge on any atom is 0.251 e. The van der Waals surface area contributed by atoms with E-state index in [1.807, 2.05) is 55.5 Å². The number of aryl methyl sites for hydroxylation is 1. The van der Waals surface area contributed by atoms with Crippen LogP contribution >= 0.6 is 0 Å². The molecule has 0 radical (unpaired) electrons. The van der Waals surface area contributed by atoms with Crippen LogP contribution in [0.25, 0.3) is 10.8 Å². The predicted molar refractivity (Wildman–Crippen MR) is 115 cm³/mol. The summed E-state index contributed by atoms with van der Waals surface area (Å²) in [7, 11) is 0. The maximum atomic E-state index is 12.6. The number of carbonyl (C=O) groups is 1. The molecule has 0 bridgehead atoms. The molecule has 0 saturated carbocycles. The van der Waals surface area contributed by atoms with Gasteiger partial charge in [0.25, 0.3) is 5.91 Å². The Bertz CT molecular complexity index is 996. The first-order valence-corrected chi connectivity index (χ1v) is 9.89. The monoisotopic (exact) mass is 391 g/mol. The van der Waals surface area contributed by atoms with E-state index in [4.69, 9.17) is 4.74 Å². The number of fused-ring (bicyclic) bond motifs is 1. The molecule has 1 aliphatic heterocycles. The van der Waals surface area contributed by atoms with Crippen molar-refractivity contribution in [2.24, 2.45) is 0 Å². The zero-order valence-electron chi connectivity index (χ0n) is 16.5. The molecule has 7 nitrogen and oxygen atoms in total. The van der Waals surface area contributed by atoms with Crippen LogP contribution in [-0.4, -0.2) is 55.3 Å². The second kappa shape index (κ2) is 8.87. The van der Waals surface area contributed by atoms with Crippen molar-refractivity contribution in [1.82, 2.24) is 15.3 Å². The van der Waals surface area contributed by atoms with Gasteiger partial charge in [0.2, 0.25) is 5.95 Å². The molecule has 1 amide bonds. The molecule has 0 spiro atoms. The number of morpholine rings is 1. The highest BCUT2D eigenvalue weighted by Crippen LogP contribution is 2.18. The molecule has 29 heavy (non-hydrogen) atoms. The first-order valence-electron chi connectivity index (χ1n) is 9.89. The van der Waals surface area contributed by atoms with E-state index in [9.17, 15) is 4.79 Å². The maximum absolute atomic E-state index is 12.6. The van der Waals surface area contributed by atoms with Gasteiger partial charge in [0.05, 0.1) is 13.2 Å². The van der Waals surface area contributed by atoms with E-state index in [0.717, 1.165) is 35.4 Å². The van der Waals surface area contributed by atoms with Crippen molar-refractivity contribution in [2.75, 3.05) is 49.6 Å². The smallest absolute Gasteiger partial charge is 0.251 e. The Hall–Kier alpha value is -3.19. The summed E-state index contributed by atoms with van der Waals surface area (Å²) in [5.74, 6) is 1.40. The lowest BCUT2D eigenvalue weighted by molar-refractivity contribution is 0.0957. The van der Waals surface area contributed by atoms with Gasteiger partial charge in [0, 0.05) is 43.5 Å². The normalized spacial score (nSPS) is 14.0. The topological polar surface area (TPSA) is 79.4 Å². The first kappa shape index (κ1) is 19.1. The van der Waals surface area contributed by atoms with E-state index in [-0.39, 0.29) is 5.91 Å². The summed E-state index contributed by atoms with van der Waals surface area (Å²) < 4.78 is 5.41. The van der Waals surface area contributed by atoms with Gasteiger partial charge in [-0.05, 0) is 23.8 Å². The Morgan fingerprint density at radius 2 is 1.86 bits per heavy atom. The Morgan fingerprint density at radius 3 is 2.72 bits per heavy atom. The third-order valence-corrected chi connectivity index (χ3v) is 4.90. The number of nitrogens with zero attached hydrogens (tertiary/aromatic N) is 3. The number of ether oxygens (including phenoxy) is 1. The summed E-state index contributed by atoms with van der Waals surface area (Å²) in [5.41, 5.74) is 1.59. The highest BCUT2D eigenvalue weighted by molar-refractivity contribution is 6.06. The van der Waals surface area contributed by atoms with Crippen molar-refractivity contribution in [3.05, 3.63) is 59.8 Å². The second-order valence-electron chi connectivity index (χ2n) is 7.00. The van der Waals surface area contributed by atoms with E-state index >= 15 is 0 Å². The summed E-state index contributed by atoms with van der Waals surface area (Å²) >= 11 is 0. The third-order valence-electron chi connectivity index (χ3n) is 4.90. The van der Waals surface area contributed by atoms with Crippen LogP contribution in [0.4, 0.5) is 11.8 Å². The van der Waals surface area contributed by atoms with Gasteiger partial charge in [0.1, 0.15) is 5.82 Å². The van der Waals surface area contributed by atoms with Crippen LogP contribution in [0.2, 0.25) is 0 Å². The van der Waals surface area contributed by atoms with Crippen molar-refractivity contribution in [2.45, 2.75) is 6.92 Å². The Morgan fingerprint density at radius 1 is 1.07 bits per heavy atom. The fourth-order valence-corrected chi connectivity index (χ4v) is 3.45. The quantitative estimate of drug-likeness (QED) is 0.629. The molecular weight excluding hydrogens is 366 g/mol. The molecule has 4 rings (SSSR count). The van der Waals surface area contributed by atoms with Crippen molar-refractivity contribution >= 4 is 28.4 Å². The SMILES string of the molecule is Cc1cc(N2CCOCC2)nc(NCCNC(=O)c2cccc3ccccc23)n1. The minimum atomic E-state index is -0.0808. The Kier molecular flexibility index (Phi) is 5.86. The van der Waals surface area contributed by atoms with Crippen LogP contribution in [0.1, 0.15) is 16.1 Å². The molecule has 150 valence electrons. The summed E-state index contributed by atoms with van der Waals surface area (Å²) in [6, 6.07) is 15.6. The molecule has 2 N–H and O–H groups in total. The third kappa shape index (κ3) is 4.63. The molecular formula is C22H25N5O2. The number of anilines is 2. The molecule has 0 aliphatic carbocycles. The fourth-order valence-electron chi connectivity index (χ4n) is 3.45. The number of benzene rings is 2. The molecule has 2 heterocycles. The lowest BCUT2D eigenvalue weighted by Crippen LogP contribution is -2.37. The second-order valence-corrected chi connectivity index (χ2v) is 7.00. The molecule has 1 aliphatic rings. The lowest BCUT2D eigenvalue weighted by atomic mass is 10.0. The standard InChI is InChI=1S/C22H25N5O2/c1-16-15-20(27-11-13-29-14-12-27)26-22(25-16)24-10-9-23-21(28)19-8-4-6-17-5-2-3-7-18(17)19/h2-8,15H,9-14H2,1H3,(H,23,28)(H,24,25,26). The molecule has 1 fully saturated rings. The average molecular weight is 391 g/mol. The van der Waals surface area contributed by atoms with Gasteiger partial charge in [-0.25, -0.2) is 4.98 Å². The molecule has 3 aromatic rings. The zero-order chi connectivity index (χ0) is 20.1. The largest absolute Gasteiger partial charge is 0.378 e. The number of carbonyl (C=O) groups excluding carboxylic acids is 1. The van der Waals surface area contributed by atoms with Gasteiger partial charge >= 0.3 is 0 Å². The van der Waals surface area contributed by atoms with Gasteiger partial charge in [0.15, 0.2) is 0 Å². The number of aromatic nitrogens is 2. The van der Waals surface area contributed by atoms with Crippen molar-refractivity contribution in [1.29, 1.82) is 0 Å². The zero-order valence-corrected chi connectivity index (χ0v) is 16.5. The van der Waals surface area contributed by atoms with Gasteiger partial charge in [-0.2, -0.15) is 4.98 Å². The Labute approximate surface area is 170 Å². The lowest BCUT2D eigenvalue weighted by Gasteiger charge is -2.28. The average Bonchev–Trinajstić information content (AvgIpc) is 2.76. The summed E-state index contributed by atoms with van der Waals surface area (Å²) in [4.78, 5) is 23.9. The number of nitrogens with one attached hydrogen (secondary N) is 2. The minimum Gasteiger partial charge on any atom is -0.378 e. The number of hydrogen-bond acceptors (Lipinski definition) is 6. The van der Waals surface area contributed by atoms with Gasteiger partial charge < -0.3 is 20.3 Å². The summed E-state index contributed by atoms with van der Waals surface area (Å²) in [5, 5.41) is 8.20. The Balaban J connectivity index is 1.34. The first-order chi connectivity index (χ1) is 14.2. The predicted octanol–water partition coefficient (Wildman–Crippen LogP) is 2.62. The number of rotatable bonds is 6. The van der Waals surface area contributed by atoms with Crippen LogP contribution in [0.15, 0.2) is 48.5 Å². The molecule has 0 unspecified atom stereocenters.